The molecule has 2 fully saturated rings. The zero-order valence-corrected chi connectivity index (χ0v) is 19.5. The van der Waals surface area contributed by atoms with E-state index in [1.807, 2.05) is 53.4 Å². The Morgan fingerprint density at radius 1 is 0.879 bits per heavy atom. The summed E-state index contributed by atoms with van der Waals surface area (Å²) in [7, 11) is 0. The van der Waals surface area contributed by atoms with Gasteiger partial charge < -0.3 is 20.4 Å². The number of amides is 3. The normalized spacial score (nSPS) is 19.5. The van der Waals surface area contributed by atoms with E-state index >= 15 is 0 Å². The van der Waals surface area contributed by atoms with Crippen molar-refractivity contribution in [1.82, 2.24) is 15.1 Å². The predicted molar refractivity (Wildman–Crippen MR) is 133 cm³/mol. The molecule has 1 atom stereocenters. The summed E-state index contributed by atoms with van der Waals surface area (Å²) in [4.78, 5) is 29.8. The number of piperidine rings is 1. The minimum absolute atomic E-state index is 0.0128. The summed E-state index contributed by atoms with van der Waals surface area (Å²) >= 11 is 0. The van der Waals surface area contributed by atoms with Gasteiger partial charge in [0.25, 0.3) is 5.91 Å². The number of likely N-dealkylation sites (tertiary alicyclic amines) is 2. The molecule has 33 heavy (non-hydrogen) atoms. The monoisotopic (exact) mass is 448 g/mol. The lowest BCUT2D eigenvalue weighted by molar-refractivity contribution is 0.0948. The van der Waals surface area contributed by atoms with Crippen LogP contribution in [0, 0.1) is 0 Å². The molecule has 0 spiro atoms. The summed E-state index contributed by atoms with van der Waals surface area (Å²) in [5.74, 6) is 0.228. The zero-order chi connectivity index (χ0) is 22.9. The first-order valence-electron chi connectivity index (χ1n) is 12.4. The van der Waals surface area contributed by atoms with Crippen LogP contribution < -0.4 is 10.6 Å². The molecule has 3 amide bonds. The summed E-state index contributed by atoms with van der Waals surface area (Å²) in [6.45, 7) is 5.30. The van der Waals surface area contributed by atoms with E-state index in [0.717, 1.165) is 50.3 Å². The molecule has 0 radical (unpaired) electrons. The van der Waals surface area contributed by atoms with Crippen molar-refractivity contribution in [2.45, 2.75) is 44.4 Å². The third-order valence-corrected chi connectivity index (χ3v) is 6.77. The van der Waals surface area contributed by atoms with Crippen molar-refractivity contribution in [1.29, 1.82) is 0 Å². The molecule has 6 nitrogen and oxygen atoms in total. The van der Waals surface area contributed by atoms with E-state index in [1.54, 1.807) is 0 Å². The highest BCUT2D eigenvalue weighted by molar-refractivity contribution is 5.94. The van der Waals surface area contributed by atoms with E-state index in [9.17, 15) is 9.59 Å². The van der Waals surface area contributed by atoms with Crippen LogP contribution in [0.1, 0.15) is 60.4 Å². The molecule has 0 bridgehead atoms. The van der Waals surface area contributed by atoms with Gasteiger partial charge in [-0.3, -0.25) is 4.79 Å². The molecule has 0 saturated carbocycles. The van der Waals surface area contributed by atoms with Crippen LogP contribution in [0.3, 0.4) is 0 Å². The van der Waals surface area contributed by atoms with Gasteiger partial charge in [-0.05, 0) is 68.6 Å². The predicted octanol–water partition coefficient (Wildman–Crippen LogP) is 4.70. The molecule has 2 saturated heterocycles. The number of hydrogen-bond acceptors (Lipinski definition) is 3. The smallest absolute Gasteiger partial charge is 0.321 e. The molecule has 2 aromatic rings. The molecule has 2 aliphatic heterocycles. The number of carbonyl (C=O) groups is 2. The Morgan fingerprint density at radius 2 is 1.67 bits per heavy atom. The Labute approximate surface area is 197 Å². The molecule has 2 aliphatic rings. The third kappa shape index (κ3) is 6.81. The van der Waals surface area contributed by atoms with Gasteiger partial charge in [0.2, 0.25) is 0 Å². The Bertz CT molecular complexity index is 909. The number of nitrogens with zero attached hydrogens (tertiary/aromatic N) is 2. The van der Waals surface area contributed by atoms with Crippen LogP contribution in [0.15, 0.2) is 54.6 Å². The molecule has 0 unspecified atom stereocenters. The van der Waals surface area contributed by atoms with Gasteiger partial charge in [0.1, 0.15) is 0 Å². The SMILES string of the molecule is O=C(NCCN1CCCCCC1)c1cccc([C@@H]2CCCN(C(=O)Nc3ccccc3)C2)c1. The van der Waals surface area contributed by atoms with Gasteiger partial charge in [0.05, 0.1) is 0 Å². The second kappa shape index (κ2) is 11.8. The summed E-state index contributed by atoms with van der Waals surface area (Å²) in [5, 5.41) is 6.08. The summed E-state index contributed by atoms with van der Waals surface area (Å²) in [5.41, 5.74) is 2.64. The lowest BCUT2D eigenvalue weighted by atomic mass is 9.89. The van der Waals surface area contributed by atoms with Crippen molar-refractivity contribution in [3.8, 4) is 0 Å². The summed E-state index contributed by atoms with van der Waals surface area (Å²) < 4.78 is 0. The number of benzene rings is 2. The lowest BCUT2D eigenvalue weighted by Crippen LogP contribution is -2.41. The molecular weight excluding hydrogens is 412 g/mol. The molecular formula is C27H36N4O2. The minimum Gasteiger partial charge on any atom is -0.351 e. The Kier molecular flexibility index (Phi) is 8.36. The topological polar surface area (TPSA) is 64.7 Å². The molecule has 6 heteroatoms. The van der Waals surface area contributed by atoms with Crippen LogP contribution in [-0.2, 0) is 0 Å². The van der Waals surface area contributed by atoms with Gasteiger partial charge in [0.15, 0.2) is 0 Å². The number of nitrogens with one attached hydrogen (secondary N) is 2. The fourth-order valence-corrected chi connectivity index (χ4v) is 4.88. The molecule has 2 heterocycles. The fourth-order valence-electron chi connectivity index (χ4n) is 4.88. The number of hydrogen-bond donors (Lipinski definition) is 2. The van der Waals surface area contributed by atoms with E-state index in [1.165, 1.54) is 25.7 Å². The molecule has 0 aliphatic carbocycles. The van der Waals surface area contributed by atoms with E-state index in [-0.39, 0.29) is 17.9 Å². The van der Waals surface area contributed by atoms with Gasteiger partial charge in [-0.15, -0.1) is 0 Å². The maximum Gasteiger partial charge on any atom is 0.321 e. The number of carbonyl (C=O) groups excluding carboxylic acids is 2. The molecule has 2 aromatic carbocycles. The molecule has 2 N–H and O–H groups in total. The number of rotatable bonds is 6. The van der Waals surface area contributed by atoms with Gasteiger partial charge >= 0.3 is 6.03 Å². The molecule has 176 valence electrons. The van der Waals surface area contributed by atoms with Crippen molar-refractivity contribution in [3.63, 3.8) is 0 Å². The van der Waals surface area contributed by atoms with E-state index in [4.69, 9.17) is 0 Å². The lowest BCUT2D eigenvalue weighted by Gasteiger charge is -2.33. The van der Waals surface area contributed by atoms with Crippen molar-refractivity contribution >= 4 is 17.6 Å². The average molecular weight is 449 g/mol. The van der Waals surface area contributed by atoms with Crippen LogP contribution in [0.4, 0.5) is 10.5 Å². The van der Waals surface area contributed by atoms with Gasteiger partial charge in [-0.25, -0.2) is 4.79 Å². The van der Waals surface area contributed by atoms with E-state index in [0.29, 0.717) is 18.7 Å². The second-order valence-electron chi connectivity index (χ2n) is 9.22. The number of anilines is 1. The second-order valence-corrected chi connectivity index (χ2v) is 9.22. The highest BCUT2D eigenvalue weighted by atomic mass is 16.2. The zero-order valence-electron chi connectivity index (χ0n) is 19.5. The first-order chi connectivity index (χ1) is 16.2. The van der Waals surface area contributed by atoms with Crippen LogP contribution >= 0.6 is 0 Å². The Morgan fingerprint density at radius 3 is 2.45 bits per heavy atom. The average Bonchev–Trinajstić information content (AvgIpc) is 3.14. The van der Waals surface area contributed by atoms with Crippen molar-refractivity contribution < 1.29 is 9.59 Å². The molecule has 0 aromatic heterocycles. The van der Waals surface area contributed by atoms with Crippen molar-refractivity contribution in [2.75, 3.05) is 44.6 Å². The van der Waals surface area contributed by atoms with Crippen LogP contribution in [0.25, 0.3) is 0 Å². The van der Waals surface area contributed by atoms with Gasteiger partial charge in [0, 0.05) is 43.3 Å². The van der Waals surface area contributed by atoms with E-state index in [2.05, 4.69) is 21.6 Å². The Balaban J connectivity index is 1.30. The van der Waals surface area contributed by atoms with Crippen LogP contribution in [-0.4, -0.2) is 61.0 Å². The maximum absolute atomic E-state index is 12.8. The van der Waals surface area contributed by atoms with Crippen LogP contribution in [0.2, 0.25) is 0 Å². The number of urea groups is 1. The highest BCUT2D eigenvalue weighted by Crippen LogP contribution is 2.28. The maximum atomic E-state index is 12.8. The fraction of sp³-hybridized carbons (Fsp3) is 0.481. The van der Waals surface area contributed by atoms with Gasteiger partial charge in [-0.1, -0.05) is 43.2 Å². The van der Waals surface area contributed by atoms with Gasteiger partial charge in [-0.2, -0.15) is 0 Å². The summed E-state index contributed by atoms with van der Waals surface area (Å²) in [6, 6.07) is 17.4. The van der Waals surface area contributed by atoms with Crippen molar-refractivity contribution in [2.24, 2.45) is 0 Å². The van der Waals surface area contributed by atoms with E-state index < -0.39 is 0 Å². The number of para-hydroxylation sites is 1. The van der Waals surface area contributed by atoms with Crippen molar-refractivity contribution in [3.05, 3.63) is 65.7 Å². The first-order valence-corrected chi connectivity index (χ1v) is 12.4. The third-order valence-electron chi connectivity index (χ3n) is 6.77. The standard InChI is InChI=1S/C27H36N4O2/c32-26(28-15-19-30-16-6-1-2-7-17-30)23-11-8-10-22(20-23)24-12-9-18-31(21-24)27(33)29-25-13-4-3-5-14-25/h3-5,8,10-11,13-14,20,24H,1-2,6-7,9,12,15-19,21H2,(H,28,32)(H,29,33)/t24-/m1/s1. The van der Waals surface area contributed by atoms with Crippen LogP contribution in [0.5, 0.6) is 0 Å². The highest BCUT2D eigenvalue weighted by Gasteiger charge is 2.25. The molecule has 4 rings (SSSR count). The summed E-state index contributed by atoms with van der Waals surface area (Å²) in [6.07, 6.45) is 7.15. The quantitative estimate of drug-likeness (QED) is 0.673. The minimum atomic E-state index is -0.0617. The Hall–Kier alpha value is -2.86. The largest absolute Gasteiger partial charge is 0.351 e. The first kappa shape index (κ1) is 23.3.